The van der Waals surface area contributed by atoms with Gasteiger partial charge < -0.3 is 42.2 Å². The molecule has 0 unspecified atom stereocenters. The van der Waals surface area contributed by atoms with E-state index in [0.717, 1.165) is 31.4 Å². The molecular formula is C20H38N4O7S. The number of nitrogens with one attached hydrogen (secondary N) is 2. The van der Waals surface area contributed by atoms with Crippen molar-refractivity contribution in [1.29, 1.82) is 0 Å². The first-order valence-electron chi connectivity index (χ1n) is 11.0. The van der Waals surface area contributed by atoms with Gasteiger partial charge in [0.2, 0.25) is 17.7 Å². The van der Waals surface area contributed by atoms with Gasteiger partial charge in [0.25, 0.3) is 0 Å². The van der Waals surface area contributed by atoms with Gasteiger partial charge in [0.1, 0.15) is 29.8 Å². The molecule has 32 heavy (non-hydrogen) atoms. The molecule has 9 N–H and O–H groups in total. The number of unbranched alkanes of at least 4 members (excludes halogenated alkanes) is 3. The summed E-state index contributed by atoms with van der Waals surface area (Å²) in [6, 6.07) is -1.64. The molecule has 1 heterocycles. The highest BCUT2D eigenvalue weighted by Gasteiger charge is 2.41. The Kier molecular flexibility index (Phi) is 13.1. The van der Waals surface area contributed by atoms with Crippen molar-refractivity contribution in [1.82, 2.24) is 10.6 Å². The first-order chi connectivity index (χ1) is 15.0. The smallest absolute Gasteiger partial charge is 0.242 e. The van der Waals surface area contributed by atoms with Crippen LogP contribution in [0.1, 0.15) is 52.4 Å². The van der Waals surface area contributed by atoms with Crippen molar-refractivity contribution in [2.24, 2.45) is 11.5 Å². The lowest BCUT2D eigenvalue weighted by atomic mass is 10.0. The van der Waals surface area contributed by atoms with E-state index in [9.17, 15) is 29.7 Å². The van der Waals surface area contributed by atoms with E-state index in [1.807, 2.05) is 0 Å². The Morgan fingerprint density at radius 3 is 2.31 bits per heavy atom. The van der Waals surface area contributed by atoms with Gasteiger partial charge in [0.15, 0.2) is 0 Å². The zero-order valence-corrected chi connectivity index (χ0v) is 19.6. The number of thioether (sulfide) groups is 1. The normalized spacial score (nSPS) is 27.4. The molecule has 7 atom stereocenters. The van der Waals surface area contributed by atoms with Crippen LogP contribution in [0.3, 0.4) is 0 Å². The lowest BCUT2D eigenvalue weighted by Crippen LogP contribution is -2.55. The molecule has 1 saturated heterocycles. The molecule has 0 aromatic carbocycles. The van der Waals surface area contributed by atoms with Crippen LogP contribution in [0, 0.1) is 0 Å². The summed E-state index contributed by atoms with van der Waals surface area (Å²) in [5, 5.41) is 34.8. The highest BCUT2D eigenvalue weighted by atomic mass is 32.2. The van der Waals surface area contributed by atoms with Crippen LogP contribution in [0.5, 0.6) is 0 Å². The molecule has 186 valence electrons. The van der Waals surface area contributed by atoms with E-state index in [1.54, 1.807) is 6.92 Å². The fraction of sp³-hybridized carbons (Fsp3) is 0.850. The predicted molar refractivity (Wildman–Crippen MR) is 120 cm³/mol. The van der Waals surface area contributed by atoms with E-state index < -0.39 is 53.7 Å². The molecule has 1 aliphatic heterocycles. The van der Waals surface area contributed by atoms with Crippen LogP contribution in [-0.2, 0) is 19.1 Å². The maximum atomic E-state index is 12.3. The van der Waals surface area contributed by atoms with Crippen LogP contribution in [-0.4, -0.2) is 87.3 Å². The fourth-order valence-corrected chi connectivity index (χ4v) is 4.34. The Balaban J connectivity index is 2.23. The molecule has 0 aromatic heterocycles. The van der Waals surface area contributed by atoms with E-state index >= 15 is 0 Å². The predicted octanol–water partition coefficient (Wildman–Crippen LogP) is -1.68. The van der Waals surface area contributed by atoms with Crippen LogP contribution in [0.4, 0.5) is 0 Å². The molecule has 0 spiro atoms. The van der Waals surface area contributed by atoms with Gasteiger partial charge in [-0.1, -0.05) is 12.8 Å². The highest BCUT2D eigenvalue weighted by molar-refractivity contribution is 7.99. The molecule has 0 saturated carbocycles. The summed E-state index contributed by atoms with van der Waals surface area (Å²) in [5.74, 6) is -0.686. The van der Waals surface area contributed by atoms with E-state index in [2.05, 4.69) is 10.6 Å². The number of aliphatic hydroxyl groups is 3. The molecule has 0 bridgehead atoms. The zero-order valence-electron chi connectivity index (χ0n) is 18.7. The van der Waals surface area contributed by atoms with Crippen molar-refractivity contribution in [2.75, 3.05) is 12.3 Å². The summed E-state index contributed by atoms with van der Waals surface area (Å²) < 4.78 is 5.54. The topological polar surface area (TPSA) is 197 Å². The minimum Gasteiger partial charge on any atom is -0.388 e. The van der Waals surface area contributed by atoms with Gasteiger partial charge in [-0.3, -0.25) is 14.4 Å². The molecule has 0 aliphatic carbocycles. The van der Waals surface area contributed by atoms with Gasteiger partial charge in [-0.15, -0.1) is 11.8 Å². The Morgan fingerprint density at radius 2 is 1.69 bits per heavy atom. The standard InChI is InChI=1S/C20H38N4O7S/c1-11(21)18(29)24-13(7-8-14(22)25)19(30)23-9-5-3-4-6-10-32-20-17(28)16(27)15(26)12(2)31-20/h11-13,15-17,20,26-28H,3-10,21H2,1-2H3,(H2,22,25)(H,23,30)(H,24,29)/t11-,12+,13+,15-,16-,17+,20-/m1/s1. The number of amides is 3. The van der Waals surface area contributed by atoms with Crippen molar-refractivity contribution in [3.8, 4) is 0 Å². The van der Waals surface area contributed by atoms with E-state index in [1.165, 1.54) is 18.7 Å². The second-order valence-corrected chi connectivity index (χ2v) is 9.32. The van der Waals surface area contributed by atoms with Crippen LogP contribution in [0.25, 0.3) is 0 Å². The van der Waals surface area contributed by atoms with Crippen LogP contribution < -0.4 is 22.1 Å². The van der Waals surface area contributed by atoms with Crippen molar-refractivity contribution in [2.45, 2.75) is 94.3 Å². The molecule has 0 radical (unpaired) electrons. The third kappa shape index (κ3) is 10.0. The average molecular weight is 479 g/mol. The number of ether oxygens (including phenoxy) is 1. The summed E-state index contributed by atoms with van der Waals surface area (Å²) in [7, 11) is 0. The lowest BCUT2D eigenvalue weighted by Gasteiger charge is -2.39. The summed E-state index contributed by atoms with van der Waals surface area (Å²) >= 11 is 1.40. The molecular weight excluding hydrogens is 440 g/mol. The largest absolute Gasteiger partial charge is 0.388 e. The lowest BCUT2D eigenvalue weighted by molar-refractivity contribution is -0.192. The number of rotatable bonds is 14. The molecule has 3 amide bonds. The molecule has 1 aliphatic rings. The number of hydrogen-bond acceptors (Lipinski definition) is 9. The Labute approximate surface area is 193 Å². The average Bonchev–Trinajstić information content (AvgIpc) is 2.74. The monoisotopic (exact) mass is 478 g/mol. The third-order valence-corrected chi connectivity index (χ3v) is 6.43. The minimum atomic E-state index is -1.22. The zero-order chi connectivity index (χ0) is 24.3. The number of carbonyl (C=O) groups excluding carboxylic acids is 3. The number of hydrogen-bond donors (Lipinski definition) is 7. The van der Waals surface area contributed by atoms with Crippen LogP contribution in [0.15, 0.2) is 0 Å². The van der Waals surface area contributed by atoms with Gasteiger partial charge in [0.05, 0.1) is 12.1 Å². The quantitative estimate of drug-likeness (QED) is 0.143. The minimum absolute atomic E-state index is 0.0246. The molecule has 12 heteroatoms. The van der Waals surface area contributed by atoms with Crippen molar-refractivity contribution < 1.29 is 34.4 Å². The molecule has 11 nitrogen and oxygen atoms in total. The van der Waals surface area contributed by atoms with Crippen molar-refractivity contribution in [3.63, 3.8) is 0 Å². The molecule has 1 fully saturated rings. The van der Waals surface area contributed by atoms with Crippen LogP contribution in [0.2, 0.25) is 0 Å². The Hall–Kier alpha value is -1.44. The summed E-state index contributed by atoms with van der Waals surface area (Å²) in [5.41, 5.74) is 10.1. The molecule has 0 aromatic rings. The summed E-state index contributed by atoms with van der Waals surface area (Å²) in [6.45, 7) is 3.59. The van der Waals surface area contributed by atoms with E-state index in [-0.39, 0.29) is 18.7 Å². The van der Waals surface area contributed by atoms with Crippen molar-refractivity contribution in [3.05, 3.63) is 0 Å². The SMILES string of the molecule is C[C@@H]1O[C@H](SCCCCCCNC(=O)[C@H](CCC(N)=O)NC(=O)[C@@H](C)N)[C@@H](O)[C@H](O)[C@@H]1O. The van der Waals surface area contributed by atoms with E-state index in [0.29, 0.717) is 6.54 Å². The third-order valence-electron chi connectivity index (χ3n) is 5.19. The number of primary amides is 1. The summed E-state index contributed by atoms with van der Waals surface area (Å²) in [6.07, 6.45) is -0.535. The maximum Gasteiger partial charge on any atom is 0.242 e. The second-order valence-electron chi connectivity index (χ2n) is 8.11. The number of carbonyl (C=O) groups is 3. The van der Waals surface area contributed by atoms with E-state index in [4.69, 9.17) is 16.2 Å². The summed E-state index contributed by atoms with van der Waals surface area (Å²) in [4.78, 5) is 35.1. The number of aliphatic hydroxyl groups excluding tert-OH is 3. The first-order valence-corrected chi connectivity index (χ1v) is 12.0. The first kappa shape index (κ1) is 28.6. The van der Waals surface area contributed by atoms with Gasteiger partial charge >= 0.3 is 0 Å². The maximum absolute atomic E-state index is 12.3. The van der Waals surface area contributed by atoms with Gasteiger partial charge in [0, 0.05) is 13.0 Å². The Bertz CT molecular complexity index is 610. The fourth-order valence-electron chi connectivity index (χ4n) is 3.12. The van der Waals surface area contributed by atoms with Crippen molar-refractivity contribution >= 4 is 29.5 Å². The van der Waals surface area contributed by atoms with Gasteiger partial charge in [-0.25, -0.2) is 0 Å². The van der Waals surface area contributed by atoms with Gasteiger partial charge in [-0.2, -0.15) is 0 Å². The van der Waals surface area contributed by atoms with Crippen LogP contribution >= 0.6 is 11.8 Å². The second kappa shape index (κ2) is 14.7. The van der Waals surface area contributed by atoms with Gasteiger partial charge in [-0.05, 0) is 38.9 Å². The molecule has 1 rings (SSSR count). The number of nitrogens with two attached hydrogens (primary N) is 2. The highest BCUT2D eigenvalue weighted by Crippen LogP contribution is 2.29. The Morgan fingerprint density at radius 1 is 1.03 bits per heavy atom.